The van der Waals surface area contributed by atoms with Gasteiger partial charge in [0.2, 0.25) is 0 Å². The third-order valence-corrected chi connectivity index (χ3v) is 3.97. The van der Waals surface area contributed by atoms with E-state index in [9.17, 15) is 4.79 Å². The summed E-state index contributed by atoms with van der Waals surface area (Å²) in [4.78, 5) is 12.4. The lowest BCUT2D eigenvalue weighted by atomic mass is 10.1. The number of aromatic nitrogens is 3. The van der Waals surface area contributed by atoms with Gasteiger partial charge < -0.3 is 10.6 Å². The van der Waals surface area contributed by atoms with Crippen molar-refractivity contribution in [2.45, 2.75) is 19.9 Å². The number of carbonyl (C=O) groups excluding carboxylic acids is 1. The largest absolute Gasteiger partial charge is 0.346 e. The fourth-order valence-electron chi connectivity index (χ4n) is 2.35. The van der Waals surface area contributed by atoms with Crippen molar-refractivity contribution in [3.8, 4) is 0 Å². The van der Waals surface area contributed by atoms with Crippen LogP contribution in [0.5, 0.6) is 0 Å². The van der Waals surface area contributed by atoms with E-state index in [1.54, 1.807) is 12.1 Å². The Hall–Kier alpha value is -2.86. The summed E-state index contributed by atoms with van der Waals surface area (Å²) >= 11 is 5.95. The lowest BCUT2D eigenvalue weighted by molar-refractivity contribution is 0.0946. The van der Waals surface area contributed by atoms with Gasteiger partial charge in [-0.05, 0) is 41.8 Å². The van der Waals surface area contributed by atoms with Crippen LogP contribution in [0.25, 0.3) is 0 Å². The molecule has 25 heavy (non-hydrogen) atoms. The number of hydrogen-bond acceptors (Lipinski definition) is 4. The highest BCUT2D eigenvalue weighted by Gasteiger charge is 2.16. The Morgan fingerprint density at radius 2 is 1.92 bits per heavy atom. The maximum Gasteiger partial charge on any atom is 0.275 e. The van der Waals surface area contributed by atoms with Crippen molar-refractivity contribution in [1.29, 1.82) is 0 Å². The molecule has 0 saturated carbocycles. The molecular formula is C18H18ClN5O. The van der Waals surface area contributed by atoms with E-state index in [1.807, 2.05) is 36.4 Å². The zero-order valence-electron chi connectivity index (χ0n) is 13.7. The smallest absolute Gasteiger partial charge is 0.275 e. The molecule has 0 aliphatic carbocycles. The Labute approximate surface area is 150 Å². The zero-order valence-corrected chi connectivity index (χ0v) is 14.5. The molecule has 1 amide bonds. The standard InChI is InChI=1S/C18H18ClN5O/c1-2-12-6-8-15(9-7-12)21-17-16(22-24-23-17)18(25)20-11-13-4-3-5-14(19)10-13/h3-10H,2,11H2,1H3,(H,20,25)(H2,21,22,23,24). The first-order valence-electron chi connectivity index (χ1n) is 7.95. The number of nitrogens with one attached hydrogen (secondary N) is 3. The highest BCUT2D eigenvalue weighted by Crippen LogP contribution is 2.18. The second-order valence-electron chi connectivity index (χ2n) is 5.51. The van der Waals surface area contributed by atoms with Crippen molar-refractivity contribution < 1.29 is 4.79 Å². The van der Waals surface area contributed by atoms with E-state index >= 15 is 0 Å². The number of aromatic amines is 1. The fraction of sp³-hybridized carbons (Fsp3) is 0.167. The lowest BCUT2D eigenvalue weighted by Gasteiger charge is -2.07. The van der Waals surface area contributed by atoms with Crippen LogP contribution in [-0.4, -0.2) is 21.3 Å². The van der Waals surface area contributed by atoms with Gasteiger partial charge in [0.05, 0.1) is 0 Å². The molecule has 0 atom stereocenters. The van der Waals surface area contributed by atoms with E-state index in [4.69, 9.17) is 11.6 Å². The van der Waals surface area contributed by atoms with Crippen LogP contribution < -0.4 is 10.6 Å². The fourth-order valence-corrected chi connectivity index (χ4v) is 2.56. The first-order chi connectivity index (χ1) is 12.2. The van der Waals surface area contributed by atoms with Crippen LogP contribution >= 0.6 is 11.6 Å². The van der Waals surface area contributed by atoms with E-state index in [-0.39, 0.29) is 11.6 Å². The summed E-state index contributed by atoms with van der Waals surface area (Å²) in [7, 11) is 0. The molecule has 3 aromatic rings. The molecule has 1 heterocycles. The van der Waals surface area contributed by atoms with Crippen molar-refractivity contribution >= 4 is 29.0 Å². The first-order valence-corrected chi connectivity index (χ1v) is 8.33. The van der Waals surface area contributed by atoms with Crippen LogP contribution in [0.3, 0.4) is 0 Å². The number of aryl methyl sites for hydroxylation is 1. The normalized spacial score (nSPS) is 10.5. The molecule has 3 N–H and O–H groups in total. The number of hydrogen-bond donors (Lipinski definition) is 3. The average Bonchev–Trinajstić information content (AvgIpc) is 3.08. The summed E-state index contributed by atoms with van der Waals surface area (Å²) in [6.07, 6.45) is 0.974. The third kappa shape index (κ3) is 4.36. The van der Waals surface area contributed by atoms with E-state index in [0.717, 1.165) is 17.7 Å². The Balaban J connectivity index is 1.66. The van der Waals surface area contributed by atoms with Crippen molar-refractivity contribution in [3.05, 3.63) is 70.4 Å². The molecule has 0 unspecified atom stereocenters. The predicted octanol–water partition coefficient (Wildman–Crippen LogP) is 3.69. The molecule has 6 nitrogen and oxygen atoms in total. The van der Waals surface area contributed by atoms with Gasteiger partial charge in [0, 0.05) is 17.3 Å². The van der Waals surface area contributed by atoms with Crippen LogP contribution in [0.4, 0.5) is 11.5 Å². The van der Waals surface area contributed by atoms with Crippen molar-refractivity contribution in [2.24, 2.45) is 0 Å². The molecule has 7 heteroatoms. The number of amides is 1. The van der Waals surface area contributed by atoms with E-state index in [2.05, 4.69) is 33.0 Å². The quantitative estimate of drug-likeness (QED) is 0.629. The van der Waals surface area contributed by atoms with Gasteiger partial charge in [0.1, 0.15) is 0 Å². The number of anilines is 2. The Bertz CT molecular complexity index is 860. The van der Waals surface area contributed by atoms with E-state index < -0.39 is 0 Å². The van der Waals surface area contributed by atoms with Crippen LogP contribution in [-0.2, 0) is 13.0 Å². The predicted molar refractivity (Wildman–Crippen MR) is 98.1 cm³/mol. The summed E-state index contributed by atoms with van der Waals surface area (Å²) in [5.74, 6) is 0.0641. The van der Waals surface area contributed by atoms with Gasteiger partial charge in [0.25, 0.3) is 5.91 Å². The van der Waals surface area contributed by atoms with Gasteiger partial charge >= 0.3 is 0 Å². The first kappa shape index (κ1) is 17.0. The molecular weight excluding hydrogens is 338 g/mol. The molecule has 0 radical (unpaired) electrons. The number of halogens is 1. The van der Waals surface area contributed by atoms with Crippen LogP contribution in [0.15, 0.2) is 48.5 Å². The highest BCUT2D eigenvalue weighted by molar-refractivity contribution is 6.30. The van der Waals surface area contributed by atoms with Crippen LogP contribution in [0.2, 0.25) is 5.02 Å². The van der Waals surface area contributed by atoms with Crippen molar-refractivity contribution in [1.82, 2.24) is 20.7 Å². The van der Waals surface area contributed by atoms with Gasteiger partial charge in [-0.2, -0.15) is 5.21 Å². The van der Waals surface area contributed by atoms with E-state index in [0.29, 0.717) is 17.4 Å². The van der Waals surface area contributed by atoms with Gasteiger partial charge in [0.15, 0.2) is 11.5 Å². The number of H-pyrrole nitrogens is 1. The maximum absolute atomic E-state index is 12.4. The highest BCUT2D eigenvalue weighted by atomic mass is 35.5. The van der Waals surface area contributed by atoms with Crippen LogP contribution in [0, 0.1) is 0 Å². The third-order valence-electron chi connectivity index (χ3n) is 3.73. The molecule has 128 valence electrons. The minimum absolute atomic E-state index is 0.210. The van der Waals surface area contributed by atoms with Crippen molar-refractivity contribution in [3.63, 3.8) is 0 Å². The Kier molecular flexibility index (Phi) is 5.30. The molecule has 0 aliphatic rings. The Morgan fingerprint density at radius 3 is 2.64 bits per heavy atom. The summed E-state index contributed by atoms with van der Waals surface area (Å²) in [5, 5.41) is 17.0. The Morgan fingerprint density at radius 1 is 1.12 bits per heavy atom. The number of nitrogens with zero attached hydrogens (tertiary/aromatic N) is 2. The second-order valence-corrected chi connectivity index (χ2v) is 5.95. The van der Waals surface area contributed by atoms with Crippen molar-refractivity contribution in [2.75, 3.05) is 5.32 Å². The average molecular weight is 356 g/mol. The zero-order chi connectivity index (χ0) is 17.6. The molecule has 3 rings (SSSR count). The van der Waals surface area contributed by atoms with Gasteiger partial charge in [-0.3, -0.25) is 4.79 Å². The molecule has 0 aliphatic heterocycles. The lowest BCUT2D eigenvalue weighted by Crippen LogP contribution is -2.24. The SMILES string of the molecule is CCc1ccc(Nc2n[nH]nc2C(=O)NCc2cccc(Cl)c2)cc1. The molecule has 0 bridgehead atoms. The summed E-state index contributed by atoms with van der Waals surface area (Å²) in [6, 6.07) is 15.3. The second kappa shape index (κ2) is 7.81. The number of rotatable bonds is 6. The minimum Gasteiger partial charge on any atom is -0.346 e. The molecule has 0 spiro atoms. The summed E-state index contributed by atoms with van der Waals surface area (Å²) in [6.45, 7) is 2.46. The molecule has 0 fully saturated rings. The molecule has 1 aromatic heterocycles. The molecule has 0 saturated heterocycles. The number of carbonyl (C=O) groups is 1. The van der Waals surface area contributed by atoms with Crippen LogP contribution in [0.1, 0.15) is 28.5 Å². The minimum atomic E-state index is -0.318. The van der Waals surface area contributed by atoms with Gasteiger partial charge in [-0.1, -0.05) is 42.8 Å². The number of benzene rings is 2. The maximum atomic E-state index is 12.4. The van der Waals surface area contributed by atoms with Gasteiger partial charge in [-0.25, -0.2) is 0 Å². The summed E-state index contributed by atoms with van der Waals surface area (Å²) < 4.78 is 0. The van der Waals surface area contributed by atoms with E-state index in [1.165, 1.54) is 5.56 Å². The van der Waals surface area contributed by atoms with Gasteiger partial charge in [-0.15, -0.1) is 10.2 Å². The topological polar surface area (TPSA) is 82.7 Å². The molecule has 2 aromatic carbocycles. The summed E-state index contributed by atoms with van der Waals surface area (Å²) in [5.41, 5.74) is 3.20. The monoisotopic (exact) mass is 355 g/mol.